The third kappa shape index (κ3) is 4.49. The predicted molar refractivity (Wildman–Crippen MR) is 268 cm³/mol. The molecule has 0 amide bonds. The van der Waals surface area contributed by atoms with Crippen LogP contribution in [0, 0.1) is 6.92 Å². The Hall–Kier alpha value is -5.72. The van der Waals surface area contributed by atoms with Gasteiger partial charge in [-0.3, -0.25) is 4.90 Å². The molecule has 0 radical (unpaired) electrons. The highest BCUT2D eigenvalue weighted by molar-refractivity contribution is 7.26. The van der Waals surface area contributed by atoms with Gasteiger partial charge < -0.3 is 13.3 Å². The molecule has 0 N–H and O–H groups in total. The highest BCUT2D eigenvalue weighted by atomic mass is 32.1. The number of fused-ring (bicyclic) bond motifs is 17. The van der Waals surface area contributed by atoms with Gasteiger partial charge in [0.2, 0.25) is 5.88 Å². The fourth-order valence-corrected chi connectivity index (χ4v) is 14.2. The van der Waals surface area contributed by atoms with E-state index in [1.165, 1.54) is 110 Å². The van der Waals surface area contributed by atoms with E-state index in [9.17, 15) is 0 Å². The van der Waals surface area contributed by atoms with E-state index in [-0.39, 0.29) is 28.5 Å². The van der Waals surface area contributed by atoms with Gasteiger partial charge in [-0.2, -0.15) is 0 Å². The van der Waals surface area contributed by atoms with E-state index in [4.69, 9.17) is 8.83 Å². The Balaban J connectivity index is 1.20. The lowest BCUT2D eigenvalue weighted by atomic mass is 9.45. The summed E-state index contributed by atoms with van der Waals surface area (Å²) < 4.78 is 20.0. The van der Waals surface area contributed by atoms with Crippen molar-refractivity contribution < 1.29 is 8.83 Å². The van der Waals surface area contributed by atoms with Gasteiger partial charge in [-0.15, -0.1) is 11.3 Å². The van der Waals surface area contributed by atoms with E-state index in [1.807, 2.05) is 11.3 Å². The number of aryl methyl sites for hydroxylation is 1. The lowest BCUT2D eigenvalue weighted by Gasteiger charge is -2.44. The summed E-state index contributed by atoms with van der Waals surface area (Å²) in [5.41, 5.74) is 18.9. The molecule has 14 rings (SSSR count). The second kappa shape index (κ2) is 11.5. The summed E-state index contributed by atoms with van der Waals surface area (Å²) >= 11 is 1.94. The molecule has 0 atom stereocenters. The van der Waals surface area contributed by atoms with Crippen LogP contribution >= 0.6 is 11.3 Å². The van der Waals surface area contributed by atoms with Gasteiger partial charge in [0.05, 0.1) is 11.1 Å². The van der Waals surface area contributed by atoms with Crippen LogP contribution in [-0.2, 0) is 21.7 Å². The Morgan fingerprint density at radius 3 is 1.94 bits per heavy atom. The number of aromatic nitrogens is 1. The number of nitrogens with zero attached hydrogens (tertiary/aromatic N) is 2. The Labute approximate surface area is 372 Å². The average molecular weight is 839 g/mol. The quantitative estimate of drug-likeness (QED) is 0.154. The Morgan fingerprint density at radius 1 is 0.556 bits per heavy atom. The summed E-state index contributed by atoms with van der Waals surface area (Å²) in [6, 6.07) is 37.2. The fourth-order valence-electron chi connectivity index (χ4n) is 12.9. The summed E-state index contributed by atoms with van der Waals surface area (Å²) in [6.45, 7) is 21.7. The molecule has 310 valence electrons. The van der Waals surface area contributed by atoms with Crippen LogP contribution in [0.5, 0.6) is 0 Å². The topological polar surface area (TPSA) is 34.5 Å². The number of hydrogen-bond donors (Lipinski definition) is 0. The molecule has 10 aromatic rings. The standard InChI is InChI=1S/C57H51BN2O2S/c1-30-25-37-39(56(6,7)23-21-54(37,2)3)28-41(30)59-42-27-35-31-15-11-13-20-45(31)63-51(35)47-34-18-14-17-33-46-32-16-10-12-19-43(32)61-52(46)60(50(33)34)58(49(42)47)48-36-26-38-40(29-44(36)62-53(48)59)57(8,9)24-22-55(38,4)5/h10-20,25-29H,21-24H2,1-9H3. The summed E-state index contributed by atoms with van der Waals surface area (Å²) in [5.74, 6) is 0.923. The normalized spacial score (nSPS) is 18.7. The minimum Gasteiger partial charge on any atom is -0.441 e. The first kappa shape index (κ1) is 36.7. The van der Waals surface area contributed by atoms with E-state index in [0.29, 0.717) is 0 Å². The first-order chi connectivity index (χ1) is 30.1. The fraction of sp³-hybridized carbons (Fsp3) is 0.298. The number of furan rings is 2. The predicted octanol–water partition coefficient (Wildman–Crippen LogP) is 15.1. The number of anilines is 3. The van der Waals surface area contributed by atoms with E-state index in [0.717, 1.165) is 47.4 Å². The number of hydrogen-bond acceptors (Lipinski definition) is 4. The van der Waals surface area contributed by atoms with Crippen molar-refractivity contribution in [1.29, 1.82) is 0 Å². The molecule has 4 nitrogen and oxygen atoms in total. The lowest BCUT2D eigenvalue weighted by molar-refractivity contribution is 0.332. The van der Waals surface area contributed by atoms with Crippen LogP contribution in [0.2, 0.25) is 0 Å². The number of rotatable bonds is 1. The zero-order valence-corrected chi connectivity index (χ0v) is 38.6. The van der Waals surface area contributed by atoms with Crippen molar-refractivity contribution in [3.8, 4) is 11.1 Å². The van der Waals surface area contributed by atoms with Crippen LogP contribution < -0.4 is 15.8 Å². The van der Waals surface area contributed by atoms with Gasteiger partial charge in [-0.25, -0.2) is 0 Å². The number of para-hydroxylation sites is 2. The molecule has 4 aromatic heterocycles. The molecule has 0 unspecified atom stereocenters. The molecule has 6 heteroatoms. The molecular weight excluding hydrogens is 788 g/mol. The second-order valence-corrected chi connectivity index (χ2v) is 23.2. The minimum atomic E-state index is -0.196. The number of thiophene rings is 1. The molecule has 6 aromatic carbocycles. The monoisotopic (exact) mass is 838 g/mol. The van der Waals surface area contributed by atoms with Crippen LogP contribution in [0.4, 0.5) is 17.3 Å². The van der Waals surface area contributed by atoms with Gasteiger partial charge in [0.1, 0.15) is 11.2 Å². The highest BCUT2D eigenvalue weighted by Crippen LogP contribution is 2.56. The van der Waals surface area contributed by atoms with Gasteiger partial charge >= 0.3 is 6.85 Å². The van der Waals surface area contributed by atoms with Crippen LogP contribution in [-0.4, -0.2) is 11.3 Å². The lowest BCUT2D eigenvalue weighted by Crippen LogP contribution is -2.56. The van der Waals surface area contributed by atoms with Crippen molar-refractivity contribution in [1.82, 2.24) is 4.48 Å². The maximum atomic E-state index is 7.63. The van der Waals surface area contributed by atoms with E-state index >= 15 is 0 Å². The van der Waals surface area contributed by atoms with Gasteiger partial charge in [-0.1, -0.05) is 116 Å². The van der Waals surface area contributed by atoms with Gasteiger partial charge in [-0.05, 0) is 124 Å². The van der Waals surface area contributed by atoms with Crippen LogP contribution in [0.1, 0.15) is 109 Å². The Morgan fingerprint density at radius 2 is 1.19 bits per heavy atom. The SMILES string of the molecule is Cc1cc2c(cc1N1c3cc4c(sc5ccccc54)c4c3B(c3c1oc1cc5c(cc31)C(C)(C)CCC5(C)C)n1c3oc5ccccc5c3c3cccc-4c31)C(C)(C)CCC2(C)C. The zero-order chi connectivity index (χ0) is 42.9. The molecule has 0 spiro atoms. The van der Waals surface area contributed by atoms with E-state index in [1.54, 1.807) is 0 Å². The summed E-state index contributed by atoms with van der Waals surface area (Å²) in [6.07, 6.45) is 4.63. The van der Waals surface area contributed by atoms with Crippen molar-refractivity contribution in [2.24, 2.45) is 0 Å². The van der Waals surface area contributed by atoms with Crippen molar-refractivity contribution in [2.45, 2.75) is 110 Å². The van der Waals surface area contributed by atoms with Crippen molar-refractivity contribution in [3.63, 3.8) is 0 Å². The maximum absolute atomic E-state index is 7.63. The second-order valence-electron chi connectivity index (χ2n) is 22.2. The molecular formula is C57H51BN2O2S. The third-order valence-electron chi connectivity index (χ3n) is 16.6. The molecule has 0 saturated carbocycles. The summed E-state index contributed by atoms with van der Waals surface area (Å²) in [4.78, 5) is 2.56. The molecule has 6 heterocycles. The van der Waals surface area contributed by atoms with Crippen LogP contribution in [0.3, 0.4) is 0 Å². The third-order valence-corrected chi connectivity index (χ3v) is 17.8. The number of benzene rings is 6. The zero-order valence-electron chi connectivity index (χ0n) is 37.8. The molecule has 63 heavy (non-hydrogen) atoms. The Bertz CT molecular complexity index is 3730. The molecule has 2 aliphatic carbocycles. The Kier molecular flexibility index (Phi) is 6.71. The maximum Gasteiger partial charge on any atom is 0.340 e. The molecule has 2 aliphatic heterocycles. The smallest absolute Gasteiger partial charge is 0.340 e. The van der Waals surface area contributed by atoms with Crippen molar-refractivity contribution in [2.75, 3.05) is 4.90 Å². The highest BCUT2D eigenvalue weighted by Gasteiger charge is 2.49. The van der Waals surface area contributed by atoms with Crippen LogP contribution in [0.15, 0.2) is 106 Å². The first-order valence-corrected chi connectivity index (χ1v) is 23.9. The van der Waals surface area contributed by atoms with Crippen molar-refractivity contribution >= 4 is 110 Å². The van der Waals surface area contributed by atoms with E-state index < -0.39 is 0 Å². The molecule has 0 bridgehead atoms. The van der Waals surface area contributed by atoms with Gasteiger partial charge in [0.15, 0.2) is 5.71 Å². The molecule has 0 saturated heterocycles. The van der Waals surface area contributed by atoms with E-state index in [2.05, 4.69) is 169 Å². The van der Waals surface area contributed by atoms with Gasteiger partial charge in [0.25, 0.3) is 0 Å². The molecule has 0 fully saturated rings. The summed E-state index contributed by atoms with van der Waals surface area (Å²) in [7, 11) is 0. The summed E-state index contributed by atoms with van der Waals surface area (Å²) in [5, 5.41) is 7.41. The average Bonchev–Trinajstić information content (AvgIpc) is 4.01. The first-order valence-electron chi connectivity index (χ1n) is 23.1. The minimum absolute atomic E-state index is 0.0310. The molecule has 4 aliphatic rings. The largest absolute Gasteiger partial charge is 0.441 e. The van der Waals surface area contributed by atoms with Crippen molar-refractivity contribution in [3.05, 3.63) is 125 Å². The van der Waals surface area contributed by atoms with Crippen LogP contribution in [0.25, 0.3) is 75.2 Å². The van der Waals surface area contributed by atoms with Gasteiger partial charge in [0, 0.05) is 64.1 Å².